The van der Waals surface area contributed by atoms with Crippen molar-refractivity contribution in [1.82, 2.24) is 30.1 Å². The molecule has 3 aliphatic rings. The fraction of sp³-hybridized carbons (Fsp3) is 0.471. The van der Waals surface area contributed by atoms with Gasteiger partial charge in [-0.25, -0.2) is 18.4 Å². The lowest BCUT2D eigenvalue weighted by molar-refractivity contribution is 0.0639. The van der Waals surface area contributed by atoms with Gasteiger partial charge >= 0.3 is 0 Å². The highest BCUT2D eigenvalue weighted by Gasteiger charge is 2.43. The van der Waals surface area contributed by atoms with Crippen LogP contribution in [0.3, 0.4) is 0 Å². The van der Waals surface area contributed by atoms with Crippen molar-refractivity contribution in [1.29, 1.82) is 0 Å². The summed E-state index contributed by atoms with van der Waals surface area (Å²) in [5.74, 6) is 1.83. The van der Waals surface area contributed by atoms with Crippen LogP contribution in [0, 0.1) is 18.8 Å². The Bertz CT molecular complexity index is 2090. The second-order valence-electron chi connectivity index (χ2n) is 13.2. The number of aromatic nitrogens is 6. The Kier molecular flexibility index (Phi) is 7.80. The molecule has 1 fully saturated rings. The Morgan fingerprint density at radius 3 is 2.72 bits per heavy atom. The minimum absolute atomic E-state index is 0.0261. The van der Waals surface area contributed by atoms with Crippen molar-refractivity contribution in [3.63, 3.8) is 0 Å². The first kappa shape index (κ1) is 30.5. The van der Waals surface area contributed by atoms with Crippen LogP contribution in [0.5, 0.6) is 0 Å². The highest BCUT2D eigenvalue weighted by atomic mass is 32.2. The van der Waals surface area contributed by atoms with Gasteiger partial charge < -0.3 is 14.5 Å². The van der Waals surface area contributed by atoms with E-state index >= 15 is 0 Å². The van der Waals surface area contributed by atoms with Crippen molar-refractivity contribution < 1.29 is 17.6 Å². The summed E-state index contributed by atoms with van der Waals surface area (Å²) in [5.41, 5.74) is 5.67. The Labute approximate surface area is 277 Å². The van der Waals surface area contributed by atoms with Gasteiger partial charge in [-0.15, -0.1) is 21.5 Å². The molecule has 1 aliphatic carbocycles. The summed E-state index contributed by atoms with van der Waals surface area (Å²) >= 11 is 1.49. The predicted molar refractivity (Wildman–Crippen MR) is 179 cm³/mol. The number of rotatable bonds is 8. The minimum atomic E-state index is -3.67. The molecule has 2 atom stereocenters. The molecule has 11 nitrogen and oxygen atoms in total. The molecular formula is C34H37N7O4S2. The Morgan fingerprint density at radius 1 is 1.09 bits per heavy atom. The zero-order valence-electron chi connectivity index (χ0n) is 26.7. The molecule has 47 heavy (non-hydrogen) atoms. The summed E-state index contributed by atoms with van der Waals surface area (Å²) in [6.07, 6.45) is 8.80. The lowest BCUT2D eigenvalue weighted by Crippen LogP contribution is -2.17. The molecule has 5 aromatic heterocycles. The predicted octanol–water partition coefficient (Wildman–Crippen LogP) is 6.49. The quantitative estimate of drug-likeness (QED) is 0.193. The van der Waals surface area contributed by atoms with Crippen molar-refractivity contribution in [3.8, 4) is 21.9 Å². The number of hydrogen-bond acceptors (Lipinski definition) is 12. The lowest BCUT2D eigenvalue weighted by Gasteiger charge is -2.23. The number of fused-ring (bicyclic) bond motifs is 3. The van der Waals surface area contributed by atoms with Crippen LogP contribution in [0.1, 0.15) is 80.0 Å². The summed E-state index contributed by atoms with van der Waals surface area (Å²) < 4.78 is 40.8. The number of aryl methyl sites for hydroxylation is 3. The average Bonchev–Trinajstić information content (AvgIpc) is 3.85. The molecule has 2 aliphatic heterocycles. The van der Waals surface area contributed by atoms with Crippen molar-refractivity contribution in [2.24, 2.45) is 11.8 Å². The maximum absolute atomic E-state index is 14.1. The van der Waals surface area contributed by atoms with Crippen molar-refractivity contribution in [2.75, 3.05) is 24.3 Å². The van der Waals surface area contributed by atoms with Crippen LogP contribution in [0.15, 0.2) is 40.0 Å². The number of pyridine rings is 2. The van der Waals surface area contributed by atoms with Gasteiger partial charge in [0.25, 0.3) is 0 Å². The maximum atomic E-state index is 14.1. The molecule has 0 aromatic carbocycles. The third kappa shape index (κ3) is 5.51. The molecule has 244 valence electrons. The van der Waals surface area contributed by atoms with Gasteiger partial charge in [0.1, 0.15) is 12.1 Å². The van der Waals surface area contributed by atoms with Crippen LogP contribution in [0.25, 0.3) is 32.1 Å². The third-order valence-corrected chi connectivity index (χ3v) is 12.8. The number of thiophene rings is 1. The van der Waals surface area contributed by atoms with E-state index in [9.17, 15) is 8.42 Å². The number of nitrogens with one attached hydrogen (secondary N) is 1. The van der Waals surface area contributed by atoms with Gasteiger partial charge in [-0.3, -0.25) is 9.97 Å². The van der Waals surface area contributed by atoms with Crippen LogP contribution >= 0.6 is 11.3 Å². The highest BCUT2D eigenvalue weighted by Crippen LogP contribution is 2.51. The normalized spacial score (nSPS) is 20.6. The second-order valence-corrected chi connectivity index (χ2v) is 16.2. The van der Waals surface area contributed by atoms with E-state index in [1.54, 1.807) is 13.3 Å². The molecule has 1 unspecified atom stereocenters. The Hall–Kier alpha value is -3.81. The van der Waals surface area contributed by atoms with Gasteiger partial charge in [0.2, 0.25) is 11.8 Å². The molecule has 5 aromatic rings. The SMILES string of the molecule is Cc1nnc(-c2c(CCC3CCOCC3)nc3c(c2-c2cc4ncnc(NC5CCc6ncccc65)c4s2)S(=O)(=O)C[C@H]3C(C)C)o1. The summed E-state index contributed by atoms with van der Waals surface area (Å²) in [6, 6.07) is 6.13. The standard InChI is InChI=1S/C34H37N7O4S2/c1-18(2)22-16-47(42,43)32-29(28(34-41-40-19(3)45-34)25(38-30(22)32)7-6-20-10-13-44-14-11-20)27-15-26-31(46-27)33(37-17-36-26)39-24-9-8-23-21(24)5-4-12-35-23/h4-5,12,15,17-18,20,22,24H,6-11,13-14,16H2,1-3H3,(H,36,37,39)/t22-,24?/m0/s1. The zero-order chi connectivity index (χ0) is 32.3. The first-order valence-electron chi connectivity index (χ1n) is 16.4. The lowest BCUT2D eigenvalue weighted by atomic mass is 9.89. The molecule has 8 rings (SSSR count). The molecule has 13 heteroatoms. The number of sulfone groups is 1. The molecule has 0 bridgehead atoms. The molecule has 1 saturated heterocycles. The smallest absolute Gasteiger partial charge is 0.250 e. The fourth-order valence-corrected chi connectivity index (χ4v) is 10.7. The highest BCUT2D eigenvalue weighted by molar-refractivity contribution is 7.92. The van der Waals surface area contributed by atoms with Gasteiger partial charge in [0, 0.05) is 48.4 Å². The maximum Gasteiger partial charge on any atom is 0.250 e. The topological polar surface area (TPSA) is 146 Å². The van der Waals surface area contributed by atoms with Crippen LogP contribution < -0.4 is 5.32 Å². The fourth-order valence-electron chi connectivity index (χ4n) is 7.34. The van der Waals surface area contributed by atoms with Crippen LogP contribution in [0.2, 0.25) is 0 Å². The van der Waals surface area contributed by atoms with E-state index in [1.807, 2.05) is 18.3 Å². The van der Waals surface area contributed by atoms with E-state index in [2.05, 4.69) is 50.4 Å². The van der Waals surface area contributed by atoms with Crippen molar-refractivity contribution in [2.45, 2.75) is 76.2 Å². The Balaban J connectivity index is 1.31. The van der Waals surface area contributed by atoms with E-state index in [1.165, 1.54) is 16.9 Å². The number of ether oxygens (including phenoxy) is 1. The van der Waals surface area contributed by atoms with Crippen molar-refractivity contribution >= 4 is 37.2 Å². The summed E-state index contributed by atoms with van der Waals surface area (Å²) in [4.78, 5) is 20.1. The van der Waals surface area contributed by atoms with E-state index in [0.29, 0.717) is 35.1 Å². The molecule has 1 N–H and O–H groups in total. The van der Waals surface area contributed by atoms with E-state index in [4.69, 9.17) is 14.1 Å². The molecule has 0 saturated carbocycles. The second kappa shape index (κ2) is 12.0. The van der Waals surface area contributed by atoms with Crippen LogP contribution in [-0.2, 0) is 27.4 Å². The largest absolute Gasteiger partial charge is 0.421 e. The van der Waals surface area contributed by atoms with Crippen LogP contribution in [0.4, 0.5) is 5.82 Å². The van der Waals surface area contributed by atoms with Gasteiger partial charge in [-0.05, 0) is 68.1 Å². The zero-order valence-corrected chi connectivity index (χ0v) is 28.3. The first-order valence-corrected chi connectivity index (χ1v) is 18.9. The Morgan fingerprint density at radius 2 is 1.94 bits per heavy atom. The number of anilines is 1. The minimum Gasteiger partial charge on any atom is -0.421 e. The number of hydrogen-bond donors (Lipinski definition) is 1. The van der Waals surface area contributed by atoms with Gasteiger partial charge in [-0.1, -0.05) is 19.9 Å². The van der Waals surface area contributed by atoms with E-state index < -0.39 is 9.84 Å². The third-order valence-electron chi connectivity index (χ3n) is 9.83. The van der Waals surface area contributed by atoms with Gasteiger partial charge in [-0.2, -0.15) is 0 Å². The van der Waals surface area contributed by atoms with Crippen molar-refractivity contribution in [3.05, 3.63) is 59.3 Å². The molecule has 0 radical (unpaired) electrons. The molecular weight excluding hydrogens is 635 g/mol. The number of nitrogens with zero attached hydrogens (tertiary/aromatic N) is 6. The monoisotopic (exact) mass is 671 g/mol. The summed E-state index contributed by atoms with van der Waals surface area (Å²) in [5, 5.41) is 12.2. The first-order chi connectivity index (χ1) is 22.8. The summed E-state index contributed by atoms with van der Waals surface area (Å²) in [7, 11) is -3.67. The molecule has 0 amide bonds. The van der Waals surface area contributed by atoms with E-state index in [-0.39, 0.29) is 34.4 Å². The van der Waals surface area contributed by atoms with Gasteiger partial charge in [0.05, 0.1) is 43.9 Å². The van der Waals surface area contributed by atoms with E-state index in [0.717, 1.165) is 77.6 Å². The average molecular weight is 672 g/mol. The van der Waals surface area contributed by atoms with Gasteiger partial charge in [0.15, 0.2) is 9.84 Å². The van der Waals surface area contributed by atoms with Crippen LogP contribution in [-0.4, -0.2) is 57.5 Å². The summed E-state index contributed by atoms with van der Waals surface area (Å²) in [6.45, 7) is 7.40. The molecule has 0 spiro atoms. The molecule has 7 heterocycles.